The first-order chi connectivity index (χ1) is 13.4. The van der Waals surface area contributed by atoms with Crippen LogP contribution in [0.2, 0.25) is 0 Å². The van der Waals surface area contributed by atoms with Crippen molar-refractivity contribution >= 4 is 17.8 Å². The summed E-state index contributed by atoms with van der Waals surface area (Å²) in [5.74, 6) is 1.06. The fourth-order valence-corrected chi connectivity index (χ4v) is 4.23. The van der Waals surface area contributed by atoms with Crippen molar-refractivity contribution in [3.05, 3.63) is 0 Å². The van der Waals surface area contributed by atoms with Crippen LogP contribution in [0.25, 0.3) is 0 Å². The maximum atomic E-state index is 12.8. The minimum Gasteiger partial charge on any atom is -0.358 e. The lowest BCUT2D eigenvalue weighted by atomic mass is 9.85. The molecule has 1 aliphatic carbocycles. The third-order valence-corrected chi connectivity index (χ3v) is 5.88. The summed E-state index contributed by atoms with van der Waals surface area (Å²) in [6, 6.07) is 0.336. The van der Waals surface area contributed by atoms with E-state index in [1.54, 1.807) is 11.9 Å². The summed E-state index contributed by atoms with van der Waals surface area (Å²) < 4.78 is 0. The van der Waals surface area contributed by atoms with Crippen LogP contribution in [-0.2, 0) is 9.59 Å². The molecule has 160 valence electrons. The molecule has 8 nitrogen and oxygen atoms in total. The van der Waals surface area contributed by atoms with Crippen molar-refractivity contribution in [3.8, 4) is 0 Å². The van der Waals surface area contributed by atoms with Gasteiger partial charge >= 0.3 is 0 Å². The molecule has 0 unspecified atom stereocenters. The highest BCUT2D eigenvalue weighted by Crippen LogP contribution is 2.39. The van der Waals surface area contributed by atoms with E-state index in [-0.39, 0.29) is 17.2 Å². The molecule has 0 aromatic rings. The van der Waals surface area contributed by atoms with Crippen molar-refractivity contribution in [1.29, 1.82) is 0 Å². The first-order valence-corrected chi connectivity index (χ1v) is 10.6. The lowest BCUT2D eigenvalue weighted by Crippen LogP contribution is -2.50. The number of likely N-dealkylation sites (N-methyl/N-ethyl adjacent to an activating group) is 1. The number of carbonyl (C=O) groups excluding carboxylic acids is 2. The molecular weight excluding hydrogens is 356 g/mol. The molecule has 28 heavy (non-hydrogen) atoms. The number of aliphatic imine (C=N–C) groups is 1. The van der Waals surface area contributed by atoms with Crippen LogP contribution in [0.1, 0.15) is 45.4 Å². The number of nitrogens with one attached hydrogen (secondary N) is 3. The van der Waals surface area contributed by atoms with Gasteiger partial charge in [0.2, 0.25) is 11.8 Å². The van der Waals surface area contributed by atoms with Crippen LogP contribution in [0.5, 0.6) is 0 Å². The molecule has 1 heterocycles. The topological polar surface area (TPSA) is 89.1 Å². The maximum Gasteiger partial charge on any atom is 0.233 e. The minimum atomic E-state index is -0.345. The Morgan fingerprint density at radius 3 is 2.36 bits per heavy atom. The Morgan fingerprint density at radius 1 is 1.18 bits per heavy atom. The van der Waals surface area contributed by atoms with Crippen LogP contribution in [0.15, 0.2) is 4.99 Å². The summed E-state index contributed by atoms with van der Waals surface area (Å²) in [6.07, 6.45) is 5.99. The van der Waals surface area contributed by atoms with E-state index in [0.29, 0.717) is 19.1 Å². The van der Waals surface area contributed by atoms with Crippen LogP contribution < -0.4 is 16.0 Å². The Hall–Kier alpha value is -1.83. The summed E-state index contributed by atoms with van der Waals surface area (Å²) >= 11 is 0. The summed E-state index contributed by atoms with van der Waals surface area (Å²) in [5.41, 5.74) is -0.345. The lowest BCUT2D eigenvalue weighted by molar-refractivity contribution is -0.138. The Morgan fingerprint density at radius 2 is 1.82 bits per heavy atom. The number of hydrogen-bond donors (Lipinski definition) is 3. The van der Waals surface area contributed by atoms with E-state index in [1.807, 2.05) is 14.1 Å². The predicted molar refractivity (Wildman–Crippen MR) is 112 cm³/mol. The zero-order chi connectivity index (χ0) is 20.6. The second-order valence-corrected chi connectivity index (χ2v) is 8.25. The van der Waals surface area contributed by atoms with Crippen molar-refractivity contribution in [1.82, 2.24) is 25.8 Å². The van der Waals surface area contributed by atoms with E-state index < -0.39 is 0 Å². The highest BCUT2D eigenvalue weighted by molar-refractivity contribution is 5.84. The molecule has 2 aliphatic rings. The summed E-state index contributed by atoms with van der Waals surface area (Å²) in [7, 11) is 5.35. The standard InChI is InChI=1S/C20H38N6O2/c1-5-22-19(23-15-20(10-6-7-11-20)18(28)25(3)4)24-16-8-12-26(13-9-16)14-17(27)21-2/h16H,5-15H2,1-4H3,(H,21,27)(H2,22,23,24). The molecule has 0 spiro atoms. The zero-order valence-electron chi connectivity index (χ0n) is 18.0. The smallest absolute Gasteiger partial charge is 0.233 e. The molecule has 2 fully saturated rings. The van der Waals surface area contributed by atoms with Gasteiger partial charge in [-0.05, 0) is 32.6 Å². The molecule has 1 saturated carbocycles. The van der Waals surface area contributed by atoms with E-state index in [1.165, 1.54) is 0 Å². The van der Waals surface area contributed by atoms with E-state index in [0.717, 1.165) is 64.1 Å². The average molecular weight is 395 g/mol. The highest BCUT2D eigenvalue weighted by Gasteiger charge is 2.42. The van der Waals surface area contributed by atoms with Crippen molar-refractivity contribution in [2.24, 2.45) is 10.4 Å². The molecule has 0 radical (unpaired) electrons. The molecule has 0 aromatic heterocycles. The molecule has 8 heteroatoms. The van der Waals surface area contributed by atoms with Crippen molar-refractivity contribution in [3.63, 3.8) is 0 Å². The van der Waals surface area contributed by atoms with Crippen LogP contribution in [0, 0.1) is 5.41 Å². The lowest BCUT2D eigenvalue weighted by Gasteiger charge is -2.33. The predicted octanol–water partition coefficient (Wildman–Crippen LogP) is 0.401. The quantitative estimate of drug-likeness (QED) is 0.430. The van der Waals surface area contributed by atoms with E-state index in [4.69, 9.17) is 4.99 Å². The molecule has 0 atom stereocenters. The van der Waals surface area contributed by atoms with Crippen molar-refractivity contribution in [2.45, 2.75) is 51.5 Å². The third-order valence-electron chi connectivity index (χ3n) is 5.88. The fourth-order valence-electron chi connectivity index (χ4n) is 4.23. The second-order valence-electron chi connectivity index (χ2n) is 8.25. The van der Waals surface area contributed by atoms with Gasteiger partial charge in [0.15, 0.2) is 5.96 Å². The number of amides is 2. The van der Waals surface area contributed by atoms with Gasteiger partial charge in [0, 0.05) is 46.8 Å². The van der Waals surface area contributed by atoms with E-state index in [2.05, 4.69) is 27.8 Å². The van der Waals surface area contributed by atoms with E-state index >= 15 is 0 Å². The Balaban J connectivity index is 1.93. The van der Waals surface area contributed by atoms with E-state index in [9.17, 15) is 9.59 Å². The monoisotopic (exact) mass is 394 g/mol. The molecule has 1 saturated heterocycles. The Kier molecular flexibility index (Phi) is 8.54. The number of piperidine rings is 1. The van der Waals surface area contributed by atoms with Crippen LogP contribution >= 0.6 is 0 Å². The number of likely N-dealkylation sites (tertiary alicyclic amines) is 1. The van der Waals surface area contributed by atoms with Crippen molar-refractivity contribution < 1.29 is 9.59 Å². The van der Waals surface area contributed by atoms with Gasteiger partial charge in [0.25, 0.3) is 0 Å². The molecule has 0 bridgehead atoms. The van der Waals surface area contributed by atoms with Crippen LogP contribution in [0.4, 0.5) is 0 Å². The first kappa shape index (κ1) is 22.5. The number of rotatable bonds is 7. The van der Waals surface area contributed by atoms with Crippen LogP contribution in [-0.4, -0.2) is 87.5 Å². The van der Waals surface area contributed by atoms with Gasteiger partial charge in [-0.3, -0.25) is 19.5 Å². The summed E-state index contributed by atoms with van der Waals surface area (Å²) in [5, 5.41) is 9.55. The highest BCUT2D eigenvalue weighted by atomic mass is 16.2. The molecule has 3 N–H and O–H groups in total. The zero-order valence-corrected chi connectivity index (χ0v) is 18.0. The number of hydrogen-bond acceptors (Lipinski definition) is 4. The van der Waals surface area contributed by atoms with Gasteiger partial charge < -0.3 is 20.9 Å². The summed E-state index contributed by atoms with van der Waals surface area (Å²) in [6.45, 7) is 5.64. The first-order valence-electron chi connectivity index (χ1n) is 10.6. The molecule has 1 aliphatic heterocycles. The van der Waals surface area contributed by atoms with Gasteiger partial charge in [0.1, 0.15) is 0 Å². The average Bonchev–Trinajstić information content (AvgIpc) is 3.17. The largest absolute Gasteiger partial charge is 0.358 e. The van der Waals surface area contributed by atoms with Crippen molar-refractivity contribution in [2.75, 3.05) is 53.9 Å². The van der Waals surface area contributed by atoms with Gasteiger partial charge in [-0.15, -0.1) is 0 Å². The van der Waals surface area contributed by atoms with Gasteiger partial charge in [-0.1, -0.05) is 12.8 Å². The fraction of sp³-hybridized carbons (Fsp3) is 0.850. The normalized spacial score (nSPS) is 20.6. The summed E-state index contributed by atoms with van der Waals surface area (Å²) in [4.78, 5) is 33.0. The maximum absolute atomic E-state index is 12.8. The number of guanidine groups is 1. The van der Waals surface area contributed by atoms with Crippen LogP contribution in [0.3, 0.4) is 0 Å². The van der Waals surface area contributed by atoms with Gasteiger partial charge in [-0.2, -0.15) is 0 Å². The minimum absolute atomic E-state index is 0.0636. The number of carbonyl (C=O) groups is 2. The molecular formula is C20H38N6O2. The molecule has 2 rings (SSSR count). The molecule has 2 amide bonds. The Labute approximate surface area is 169 Å². The van der Waals surface area contributed by atoms with Gasteiger partial charge in [-0.25, -0.2) is 0 Å². The third kappa shape index (κ3) is 6.09. The molecule has 0 aromatic carbocycles. The Bertz CT molecular complexity index is 549. The second kappa shape index (κ2) is 10.6. The SMILES string of the molecule is CCNC(=NCC1(C(=O)N(C)C)CCCC1)NC1CCN(CC(=O)NC)CC1. The number of nitrogens with zero attached hydrogens (tertiary/aromatic N) is 3. The van der Waals surface area contributed by atoms with Gasteiger partial charge in [0.05, 0.1) is 18.5 Å².